The van der Waals surface area contributed by atoms with Gasteiger partial charge in [0, 0.05) is 10.8 Å². The van der Waals surface area contributed by atoms with Crippen LogP contribution in [0.15, 0.2) is 84.9 Å². The Hall–Kier alpha value is -3.51. The maximum atomic E-state index is 15.4. The summed E-state index contributed by atoms with van der Waals surface area (Å²) in [6.45, 7) is 4.56. The van der Waals surface area contributed by atoms with Crippen molar-refractivity contribution in [3.63, 3.8) is 0 Å². The van der Waals surface area contributed by atoms with E-state index in [1.807, 2.05) is 48.5 Å². The Balaban J connectivity index is 1.64. The van der Waals surface area contributed by atoms with Crippen LogP contribution in [-0.4, -0.2) is 40.0 Å². The van der Waals surface area contributed by atoms with Gasteiger partial charge in [-0.1, -0.05) is 103 Å². The molecule has 4 fully saturated rings. The van der Waals surface area contributed by atoms with Crippen molar-refractivity contribution in [2.24, 2.45) is 22.7 Å². The maximum Gasteiger partial charge on any atom is 0.320 e. The van der Waals surface area contributed by atoms with Gasteiger partial charge < -0.3 is 9.47 Å². The van der Waals surface area contributed by atoms with Crippen LogP contribution in [0.1, 0.15) is 22.6 Å². The molecule has 3 aromatic carbocycles. The van der Waals surface area contributed by atoms with Gasteiger partial charge in [0.25, 0.3) is 0 Å². The van der Waals surface area contributed by atoms with Gasteiger partial charge in [0.1, 0.15) is 10.8 Å². The highest BCUT2D eigenvalue weighted by atomic mass is 28.3. The molecule has 4 saturated carbocycles. The number of hydrogen-bond acceptors (Lipinski definition) is 5. The van der Waals surface area contributed by atoms with Crippen LogP contribution in [-0.2, 0) is 34.7 Å². The molecule has 9 rings (SSSR count). The Morgan fingerprint density at radius 1 is 0.692 bits per heavy atom. The molecule has 0 spiro atoms. The van der Waals surface area contributed by atoms with Gasteiger partial charge in [-0.2, -0.15) is 0 Å². The van der Waals surface area contributed by atoms with Gasteiger partial charge in [-0.25, -0.2) is 0 Å². The molecule has 8 atom stereocenters. The predicted octanol–water partition coefficient (Wildman–Crippen LogP) is 4.12. The van der Waals surface area contributed by atoms with Crippen LogP contribution >= 0.6 is 0 Å². The molecular weight excluding hydrogens is 504 g/mol. The summed E-state index contributed by atoms with van der Waals surface area (Å²) in [5.41, 5.74) is -2.01. The van der Waals surface area contributed by atoms with Crippen molar-refractivity contribution >= 4 is 31.0 Å². The summed E-state index contributed by atoms with van der Waals surface area (Å²) >= 11 is 0. The topological polar surface area (TPSA) is 69.7 Å². The first-order chi connectivity index (χ1) is 18.8. The molecule has 196 valence electrons. The van der Waals surface area contributed by atoms with E-state index in [0.717, 1.165) is 11.1 Å². The number of benzene rings is 3. The SMILES string of the molecule is COC(=O)C12C(=O)C3(C(=O)OC)C4C5C(c6ccccc6[Si](C)(C)C41)C2(c1ccccc1)C53c1ccccc1. The van der Waals surface area contributed by atoms with Crippen LogP contribution in [0.25, 0.3) is 0 Å². The fourth-order valence-electron chi connectivity index (χ4n) is 11.6. The highest BCUT2D eigenvalue weighted by molar-refractivity contribution is 6.92. The van der Waals surface area contributed by atoms with Gasteiger partial charge >= 0.3 is 11.9 Å². The zero-order valence-corrected chi connectivity index (χ0v) is 23.4. The van der Waals surface area contributed by atoms with E-state index in [0.29, 0.717) is 0 Å². The lowest BCUT2D eigenvalue weighted by molar-refractivity contribution is -0.292. The summed E-state index contributed by atoms with van der Waals surface area (Å²) in [7, 11) is 0.220. The minimum Gasteiger partial charge on any atom is -0.468 e. The van der Waals surface area contributed by atoms with E-state index in [9.17, 15) is 9.59 Å². The smallest absolute Gasteiger partial charge is 0.320 e. The second-order valence-electron chi connectivity index (χ2n) is 12.6. The van der Waals surface area contributed by atoms with Crippen LogP contribution in [0.2, 0.25) is 18.6 Å². The number of esters is 2. The molecule has 6 heteroatoms. The van der Waals surface area contributed by atoms with Crippen molar-refractivity contribution in [3.05, 3.63) is 102 Å². The average molecular weight is 535 g/mol. The Morgan fingerprint density at radius 2 is 1.21 bits per heavy atom. The van der Waals surface area contributed by atoms with Crippen molar-refractivity contribution in [3.8, 4) is 0 Å². The number of rotatable bonds is 4. The summed E-state index contributed by atoms with van der Waals surface area (Å²) in [4.78, 5) is 44.4. The van der Waals surface area contributed by atoms with E-state index in [2.05, 4.69) is 49.5 Å². The monoisotopic (exact) mass is 534 g/mol. The quantitative estimate of drug-likeness (QED) is 0.286. The first-order valence-corrected chi connectivity index (χ1v) is 16.8. The summed E-state index contributed by atoms with van der Waals surface area (Å²) in [5.74, 6) is -1.61. The number of carbonyl (C=O) groups is 3. The lowest BCUT2D eigenvalue weighted by Gasteiger charge is -2.86. The van der Waals surface area contributed by atoms with Crippen LogP contribution < -0.4 is 5.19 Å². The van der Waals surface area contributed by atoms with Crippen LogP contribution in [0.4, 0.5) is 0 Å². The third kappa shape index (κ3) is 1.79. The number of carbonyl (C=O) groups excluding carboxylic acids is 3. The normalized spacial score (nSPS) is 40.7. The minimum atomic E-state index is -2.55. The Labute approximate surface area is 228 Å². The summed E-state index contributed by atoms with van der Waals surface area (Å²) in [6.07, 6.45) is 0. The van der Waals surface area contributed by atoms with Gasteiger partial charge in [0.05, 0.1) is 22.3 Å². The van der Waals surface area contributed by atoms with E-state index < -0.39 is 41.7 Å². The lowest BCUT2D eigenvalue weighted by Crippen LogP contribution is -2.91. The van der Waals surface area contributed by atoms with Crippen LogP contribution in [0.5, 0.6) is 0 Å². The molecule has 5 nitrogen and oxygen atoms in total. The fourth-order valence-corrected chi connectivity index (χ4v) is 16.4. The molecule has 6 aliphatic rings. The van der Waals surface area contributed by atoms with Crippen molar-refractivity contribution in [1.29, 1.82) is 0 Å². The number of Topliss-reactive ketones (excluding diaryl/α,β-unsaturated/α-hetero) is 1. The first-order valence-electron chi connectivity index (χ1n) is 13.7. The third-order valence-electron chi connectivity index (χ3n) is 11.9. The summed E-state index contributed by atoms with van der Waals surface area (Å²) in [6, 6.07) is 28.6. The molecule has 0 radical (unpaired) electrons. The lowest BCUT2D eigenvalue weighted by atomic mass is 9.14. The fraction of sp³-hybridized carbons (Fsp3) is 0.364. The van der Waals surface area contributed by atoms with Crippen LogP contribution in [0, 0.1) is 22.7 Å². The zero-order chi connectivity index (χ0) is 27.2. The molecule has 0 N–H and O–H groups in total. The van der Waals surface area contributed by atoms with E-state index in [4.69, 9.17) is 9.47 Å². The van der Waals surface area contributed by atoms with Gasteiger partial charge in [-0.3, -0.25) is 14.4 Å². The van der Waals surface area contributed by atoms with Crippen molar-refractivity contribution < 1.29 is 23.9 Å². The van der Waals surface area contributed by atoms with Crippen molar-refractivity contribution in [1.82, 2.24) is 0 Å². The number of methoxy groups -OCH3 is 2. The maximum absolute atomic E-state index is 15.4. The summed E-state index contributed by atoms with van der Waals surface area (Å²) < 4.78 is 11.3. The molecule has 0 saturated heterocycles. The van der Waals surface area contributed by atoms with Crippen molar-refractivity contribution in [2.45, 2.75) is 35.4 Å². The van der Waals surface area contributed by atoms with Gasteiger partial charge in [-0.15, -0.1) is 0 Å². The molecular formula is C33H30O5Si. The average Bonchev–Trinajstić information content (AvgIpc) is 3.14. The standard InChI is InChI=1S/C33H30O5Si/c1-37-28(35)30-25-24-23-21-17-11-12-18-22(21)39(3,4)26(25)31(27(30)34,29(36)38-2)32(23,19-13-7-5-8-14-19)33(24,30)20-15-9-6-10-16-20/h5-18,23-26H,1-4H3. The zero-order valence-electron chi connectivity index (χ0n) is 22.4. The van der Waals surface area contributed by atoms with Gasteiger partial charge in [0.15, 0.2) is 5.78 Å². The third-order valence-corrected chi connectivity index (χ3v) is 16.1. The number of ether oxygens (including phenoxy) is 2. The van der Waals surface area contributed by atoms with E-state index in [1.54, 1.807) is 0 Å². The van der Waals surface area contributed by atoms with Gasteiger partial charge in [0.2, 0.25) is 0 Å². The Kier molecular flexibility index (Phi) is 4.07. The highest BCUT2D eigenvalue weighted by Gasteiger charge is 3.11. The highest BCUT2D eigenvalue weighted by Crippen LogP contribution is 3.03. The number of ketones is 1. The molecule has 0 amide bonds. The second kappa shape index (κ2) is 6.79. The second-order valence-corrected chi connectivity index (χ2v) is 17.2. The molecule has 39 heavy (non-hydrogen) atoms. The molecule has 4 bridgehead atoms. The molecule has 3 aromatic rings. The van der Waals surface area contributed by atoms with E-state index >= 15 is 4.79 Å². The number of hydrogen-bond donors (Lipinski definition) is 0. The van der Waals surface area contributed by atoms with Crippen LogP contribution in [0.3, 0.4) is 0 Å². The van der Waals surface area contributed by atoms with E-state index in [1.165, 1.54) is 25.0 Å². The molecule has 2 heterocycles. The molecule has 0 aromatic heterocycles. The Bertz CT molecular complexity index is 1620. The van der Waals surface area contributed by atoms with Gasteiger partial charge in [-0.05, 0) is 40.0 Å². The molecule has 8 unspecified atom stereocenters. The molecule has 4 aliphatic carbocycles. The minimum absolute atomic E-state index is 0.0314. The van der Waals surface area contributed by atoms with E-state index in [-0.39, 0.29) is 29.1 Å². The summed E-state index contributed by atoms with van der Waals surface area (Å²) in [5, 5.41) is 1.29. The largest absolute Gasteiger partial charge is 0.468 e. The molecule has 2 aliphatic heterocycles. The first kappa shape index (κ1) is 23.4. The Morgan fingerprint density at radius 3 is 1.79 bits per heavy atom. The predicted molar refractivity (Wildman–Crippen MR) is 147 cm³/mol. The van der Waals surface area contributed by atoms with Crippen molar-refractivity contribution in [2.75, 3.05) is 14.2 Å².